The van der Waals surface area contributed by atoms with Gasteiger partial charge in [0.25, 0.3) is 0 Å². The van der Waals surface area contributed by atoms with Crippen molar-refractivity contribution in [2.24, 2.45) is 17.4 Å². The number of carbonyl (C=O) groups is 3. The Morgan fingerprint density at radius 3 is 1.90 bits per heavy atom. The van der Waals surface area contributed by atoms with Gasteiger partial charge < -0.3 is 21.1 Å². The molecule has 0 fully saturated rings. The summed E-state index contributed by atoms with van der Waals surface area (Å²) in [5, 5.41) is 0. The zero-order valence-corrected chi connectivity index (χ0v) is 18.9. The summed E-state index contributed by atoms with van der Waals surface area (Å²) in [6.07, 6.45) is -0.356. The molecule has 31 heavy (non-hydrogen) atoms. The number of rotatable bonds is 6. The molecule has 0 atom stereocenters. The zero-order chi connectivity index (χ0) is 23.6. The number of benzene rings is 2. The molecule has 0 unspecified atom stereocenters. The van der Waals surface area contributed by atoms with Crippen LogP contribution in [0.4, 0.5) is 4.79 Å². The first kappa shape index (κ1) is 25.7. The summed E-state index contributed by atoms with van der Waals surface area (Å²) in [6, 6.07) is 15.8. The molecule has 0 aliphatic rings. The molecule has 2 aromatic rings. The predicted molar refractivity (Wildman–Crippen MR) is 121 cm³/mol. The molecule has 0 aliphatic carbocycles. The molecule has 0 aliphatic heterocycles. The van der Waals surface area contributed by atoms with Crippen LogP contribution in [0.3, 0.4) is 0 Å². The topological polar surface area (TPSA) is 116 Å². The minimum absolute atomic E-state index is 0.312. The molecule has 7 nitrogen and oxygen atoms in total. The zero-order valence-electron chi connectivity index (χ0n) is 18.9. The van der Waals surface area contributed by atoms with Gasteiger partial charge >= 0.3 is 6.09 Å². The van der Waals surface area contributed by atoms with Gasteiger partial charge in [0, 0.05) is 24.2 Å². The minimum Gasteiger partial charge on any atom is -0.444 e. The number of hydrogen-bond donors (Lipinski definition) is 2. The number of carbonyl (C=O) groups excluding carboxylic acids is 3. The number of amides is 3. The van der Waals surface area contributed by atoms with Crippen molar-refractivity contribution in [2.75, 3.05) is 6.54 Å². The standard InChI is InChI=1S/C17H26N2O3.C7H7NO/c1-12(2)10-19(16(21)22-17(3,4)5)11-13-7-6-8-14(9-13)15(18)20;8-7(9)6-4-2-1-3-5-6/h6-9,12H,10-11H2,1-5H3,(H2,18,20);1-5H,(H2,8,9). The number of nitrogens with two attached hydrogens (primary N) is 2. The lowest BCUT2D eigenvalue weighted by atomic mass is 10.1. The fourth-order valence-electron chi connectivity index (χ4n) is 2.62. The Hall–Kier alpha value is -3.35. The van der Waals surface area contributed by atoms with Crippen molar-refractivity contribution in [1.29, 1.82) is 0 Å². The quantitative estimate of drug-likeness (QED) is 0.726. The van der Waals surface area contributed by atoms with Gasteiger partial charge in [-0.1, -0.05) is 44.2 Å². The molecule has 0 saturated heterocycles. The maximum absolute atomic E-state index is 12.3. The van der Waals surface area contributed by atoms with E-state index in [9.17, 15) is 14.4 Å². The first-order chi connectivity index (χ1) is 14.4. The van der Waals surface area contributed by atoms with Gasteiger partial charge in [0.05, 0.1) is 0 Å². The van der Waals surface area contributed by atoms with Gasteiger partial charge in [-0.15, -0.1) is 0 Å². The van der Waals surface area contributed by atoms with E-state index in [-0.39, 0.29) is 12.0 Å². The van der Waals surface area contributed by atoms with E-state index in [0.29, 0.717) is 30.1 Å². The maximum Gasteiger partial charge on any atom is 0.410 e. The summed E-state index contributed by atoms with van der Waals surface area (Å²) < 4.78 is 5.45. The third-order valence-electron chi connectivity index (χ3n) is 3.88. The van der Waals surface area contributed by atoms with Gasteiger partial charge in [0.1, 0.15) is 5.60 Å². The van der Waals surface area contributed by atoms with Crippen molar-refractivity contribution >= 4 is 17.9 Å². The van der Waals surface area contributed by atoms with Crippen molar-refractivity contribution in [1.82, 2.24) is 4.90 Å². The minimum atomic E-state index is -0.540. The molecule has 4 N–H and O–H groups in total. The Labute approximate surface area is 184 Å². The Kier molecular flexibility index (Phi) is 9.73. The number of primary amides is 2. The van der Waals surface area contributed by atoms with Crippen LogP contribution in [0.1, 0.15) is 60.9 Å². The summed E-state index contributed by atoms with van der Waals surface area (Å²) in [6.45, 7) is 10.6. The maximum atomic E-state index is 12.3. The van der Waals surface area contributed by atoms with E-state index in [2.05, 4.69) is 0 Å². The third-order valence-corrected chi connectivity index (χ3v) is 3.88. The van der Waals surface area contributed by atoms with E-state index in [4.69, 9.17) is 16.2 Å². The first-order valence-corrected chi connectivity index (χ1v) is 10.1. The first-order valence-electron chi connectivity index (χ1n) is 10.1. The van der Waals surface area contributed by atoms with Gasteiger partial charge in [-0.3, -0.25) is 9.59 Å². The smallest absolute Gasteiger partial charge is 0.410 e. The lowest BCUT2D eigenvalue weighted by Gasteiger charge is -2.28. The third kappa shape index (κ3) is 10.3. The van der Waals surface area contributed by atoms with Crippen LogP contribution in [0.25, 0.3) is 0 Å². The Balaban J connectivity index is 0.000000442. The van der Waals surface area contributed by atoms with Gasteiger partial charge in [-0.2, -0.15) is 0 Å². The van der Waals surface area contributed by atoms with E-state index in [1.807, 2.05) is 46.8 Å². The van der Waals surface area contributed by atoms with Crippen LogP contribution in [0.5, 0.6) is 0 Å². The molecular weight excluding hydrogens is 394 g/mol. The number of ether oxygens (including phenoxy) is 1. The normalized spacial score (nSPS) is 10.6. The predicted octanol–water partition coefficient (Wildman–Crippen LogP) is 3.96. The summed E-state index contributed by atoms with van der Waals surface area (Å²) in [5.74, 6) is -0.544. The van der Waals surface area contributed by atoms with E-state index >= 15 is 0 Å². The molecule has 0 heterocycles. The van der Waals surface area contributed by atoms with Crippen LogP contribution < -0.4 is 11.5 Å². The fourth-order valence-corrected chi connectivity index (χ4v) is 2.62. The molecule has 0 radical (unpaired) electrons. The molecular formula is C24H33N3O4. The highest BCUT2D eigenvalue weighted by Crippen LogP contribution is 2.15. The van der Waals surface area contributed by atoms with Crippen molar-refractivity contribution in [2.45, 2.75) is 46.8 Å². The average Bonchev–Trinajstić information content (AvgIpc) is 2.67. The van der Waals surface area contributed by atoms with Crippen molar-refractivity contribution in [3.8, 4) is 0 Å². The molecule has 168 valence electrons. The highest BCUT2D eigenvalue weighted by Gasteiger charge is 2.23. The van der Waals surface area contributed by atoms with Gasteiger partial charge in [0.15, 0.2) is 0 Å². The second-order valence-corrected chi connectivity index (χ2v) is 8.55. The van der Waals surface area contributed by atoms with E-state index in [0.717, 1.165) is 5.56 Å². The highest BCUT2D eigenvalue weighted by atomic mass is 16.6. The molecule has 0 spiro atoms. The van der Waals surface area contributed by atoms with Crippen LogP contribution >= 0.6 is 0 Å². The lowest BCUT2D eigenvalue weighted by molar-refractivity contribution is 0.0211. The largest absolute Gasteiger partial charge is 0.444 e. The van der Waals surface area contributed by atoms with E-state index in [1.165, 1.54) is 0 Å². The number of nitrogens with zero attached hydrogens (tertiary/aromatic N) is 1. The monoisotopic (exact) mass is 427 g/mol. The SMILES string of the molecule is CC(C)CN(Cc1cccc(C(N)=O)c1)C(=O)OC(C)(C)C.NC(=O)c1ccccc1. The Morgan fingerprint density at radius 1 is 0.903 bits per heavy atom. The highest BCUT2D eigenvalue weighted by molar-refractivity contribution is 5.93. The molecule has 2 rings (SSSR count). The fraction of sp³-hybridized carbons (Fsp3) is 0.375. The van der Waals surface area contributed by atoms with E-state index in [1.54, 1.807) is 47.4 Å². The molecule has 0 aromatic heterocycles. The lowest BCUT2D eigenvalue weighted by Crippen LogP contribution is -2.38. The van der Waals surface area contributed by atoms with Crippen molar-refractivity contribution in [3.63, 3.8) is 0 Å². The molecule has 3 amide bonds. The van der Waals surface area contributed by atoms with Gasteiger partial charge in [-0.05, 0) is 56.5 Å². The van der Waals surface area contributed by atoms with Crippen molar-refractivity contribution in [3.05, 3.63) is 71.3 Å². The summed E-state index contributed by atoms with van der Waals surface area (Å²) in [4.78, 5) is 35.7. The second kappa shape index (κ2) is 11.7. The summed E-state index contributed by atoms with van der Waals surface area (Å²) >= 11 is 0. The van der Waals surface area contributed by atoms with Gasteiger partial charge in [0.2, 0.25) is 11.8 Å². The van der Waals surface area contributed by atoms with Crippen LogP contribution in [0.15, 0.2) is 54.6 Å². The molecule has 2 aromatic carbocycles. The number of hydrogen-bond acceptors (Lipinski definition) is 4. The second-order valence-electron chi connectivity index (χ2n) is 8.55. The van der Waals surface area contributed by atoms with Crippen LogP contribution in [-0.2, 0) is 11.3 Å². The Morgan fingerprint density at radius 2 is 1.45 bits per heavy atom. The molecule has 0 saturated carbocycles. The van der Waals surface area contributed by atoms with E-state index < -0.39 is 11.5 Å². The Bertz CT molecular complexity index is 874. The van der Waals surface area contributed by atoms with Gasteiger partial charge in [-0.25, -0.2) is 4.79 Å². The summed E-state index contributed by atoms with van der Waals surface area (Å²) in [5.41, 5.74) is 11.6. The van der Waals surface area contributed by atoms with Crippen LogP contribution in [0.2, 0.25) is 0 Å². The average molecular weight is 428 g/mol. The molecule has 7 heteroatoms. The van der Waals surface area contributed by atoms with Crippen LogP contribution in [0, 0.1) is 5.92 Å². The van der Waals surface area contributed by atoms with Crippen LogP contribution in [-0.4, -0.2) is 35.0 Å². The molecule has 0 bridgehead atoms. The van der Waals surface area contributed by atoms with Crippen molar-refractivity contribution < 1.29 is 19.1 Å². The summed E-state index contributed by atoms with van der Waals surface area (Å²) in [7, 11) is 0.